The second-order valence-electron chi connectivity index (χ2n) is 9.03. The Morgan fingerprint density at radius 1 is 1.19 bits per heavy atom. The molecule has 1 unspecified atom stereocenters. The number of ether oxygens (including phenoxy) is 1. The second kappa shape index (κ2) is 10.2. The van der Waals surface area contributed by atoms with Gasteiger partial charge in [0.05, 0.1) is 7.11 Å². The minimum absolute atomic E-state index is 0.110. The van der Waals surface area contributed by atoms with E-state index in [1.807, 2.05) is 23.1 Å². The topological polar surface area (TPSA) is 71.5 Å². The fourth-order valence-corrected chi connectivity index (χ4v) is 4.92. The Labute approximate surface area is 190 Å². The van der Waals surface area contributed by atoms with Gasteiger partial charge in [0, 0.05) is 55.7 Å². The largest absolute Gasteiger partial charge is 0.496 e. The lowest BCUT2D eigenvalue weighted by Gasteiger charge is -2.32. The third-order valence-corrected chi connectivity index (χ3v) is 6.68. The van der Waals surface area contributed by atoms with E-state index in [1.54, 1.807) is 7.11 Å². The van der Waals surface area contributed by atoms with Gasteiger partial charge in [0.2, 0.25) is 11.8 Å². The number of rotatable bonds is 7. The number of hydrogen-bond acceptors (Lipinski definition) is 4. The smallest absolute Gasteiger partial charge is 0.222 e. The van der Waals surface area contributed by atoms with Crippen molar-refractivity contribution in [3.63, 3.8) is 0 Å². The van der Waals surface area contributed by atoms with Crippen LogP contribution in [0.4, 0.5) is 0 Å². The van der Waals surface area contributed by atoms with Crippen molar-refractivity contribution in [1.29, 1.82) is 0 Å². The summed E-state index contributed by atoms with van der Waals surface area (Å²) in [4.78, 5) is 30.8. The lowest BCUT2D eigenvalue weighted by atomic mass is 9.91. The Morgan fingerprint density at radius 3 is 2.69 bits per heavy atom. The average Bonchev–Trinajstić information content (AvgIpc) is 3.22. The molecule has 6 heteroatoms. The Hall–Kier alpha value is -2.89. The molecule has 1 aromatic carbocycles. The molecular weight excluding hydrogens is 402 g/mol. The predicted octanol–water partition coefficient (Wildman–Crippen LogP) is 3.75. The van der Waals surface area contributed by atoms with Crippen LogP contribution >= 0.6 is 0 Å². The molecule has 2 amide bonds. The summed E-state index contributed by atoms with van der Waals surface area (Å²) < 4.78 is 5.51. The summed E-state index contributed by atoms with van der Waals surface area (Å²) >= 11 is 0. The molecule has 1 N–H and O–H groups in total. The van der Waals surface area contributed by atoms with E-state index in [1.165, 1.54) is 11.1 Å². The third kappa shape index (κ3) is 5.47. The number of methoxy groups -OCH3 is 1. The number of amides is 2. The molecule has 2 aromatic rings. The summed E-state index contributed by atoms with van der Waals surface area (Å²) in [5, 5.41) is 2.95. The highest BCUT2D eigenvalue weighted by atomic mass is 16.5. The number of aryl methyl sites for hydroxylation is 1. The first-order valence-electron chi connectivity index (χ1n) is 11.7. The maximum Gasteiger partial charge on any atom is 0.222 e. The number of hydrogen-bond donors (Lipinski definition) is 1. The highest BCUT2D eigenvalue weighted by Gasteiger charge is 2.27. The van der Waals surface area contributed by atoms with Crippen LogP contribution in [-0.4, -0.2) is 47.9 Å². The monoisotopic (exact) mass is 435 g/mol. The number of aromatic nitrogens is 1. The zero-order chi connectivity index (χ0) is 22.5. The van der Waals surface area contributed by atoms with Crippen LogP contribution in [0, 0.1) is 6.92 Å². The summed E-state index contributed by atoms with van der Waals surface area (Å²) in [6.07, 6.45) is 5.40. The molecule has 2 aliphatic heterocycles. The number of carbonyl (C=O) groups is 2. The van der Waals surface area contributed by atoms with Crippen LogP contribution in [0.15, 0.2) is 36.4 Å². The maximum atomic E-state index is 12.6. The van der Waals surface area contributed by atoms with Crippen LogP contribution in [0.2, 0.25) is 0 Å². The van der Waals surface area contributed by atoms with Gasteiger partial charge in [-0.1, -0.05) is 18.2 Å². The van der Waals surface area contributed by atoms with Gasteiger partial charge in [-0.25, -0.2) is 0 Å². The first-order chi connectivity index (χ1) is 15.5. The number of carbonyl (C=O) groups excluding carboxylic acids is 2. The van der Waals surface area contributed by atoms with Gasteiger partial charge in [0.1, 0.15) is 5.75 Å². The van der Waals surface area contributed by atoms with Crippen molar-refractivity contribution >= 4 is 11.8 Å². The third-order valence-electron chi connectivity index (χ3n) is 6.68. The van der Waals surface area contributed by atoms with Crippen molar-refractivity contribution in [2.24, 2.45) is 0 Å². The second-order valence-corrected chi connectivity index (χ2v) is 9.03. The van der Waals surface area contributed by atoms with Crippen molar-refractivity contribution in [3.8, 4) is 5.75 Å². The van der Waals surface area contributed by atoms with Gasteiger partial charge in [0.25, 0.3) is 0 Å². The molecule has 0 spiro atoms. The molecule has 6 nitrogen and oxygen atoms in total. The van der Waals surface area contributed by atoms with Crippen molar-refractivity contribution in [2.75, 3.05) is 20.2 Å². The molecule has 0 radical (unpaired) electrons. The van der Waals surface area contributed by atoms with Crippen LogP contribution in [0.1, 0.15) is 67.0 Å². The molecule has 2 saturated heterocycles. The molecule has 0 saturated carbocycles. The molecule has 32 heavy (non-hydrogen) atoms. The van der Waals surface area contributed by atoms with Crippen LogP contribution < -0.4 is 10.1 Å². The van der Waals surface area contributed by atoms with Crippen LogP contribution in [0.25, 0.3) is 0 Å². The Balaban J connectivity index is 1.34. The molecule has 4 rings (SSSR count). The Morgan fingerprint density at radius 2 is 1.97 bits per heavy atom. The number of piperidine rings is 1. The first-order valence-corrected chi connectivity index (χ1v) is 11.7. The molecular formula is C26H33N3O3. The summed E-state index contributed by atoms with van der Waals surface area (Å²) in [5.74, 6) is 1.61. The number of pyridine rings is 1. The summed E-state index contributed by atoms with van der Waals surface area (Å²) in [6, 6.07) is 12.7. The summed E-state index contributed by atoms with van der Waals surface area (Å²) in [6.45, 7) is 3.60. The van der Waals surface area contributed by atoms with E-state index in [4.69, 9.17) is 9.72 Å². The normalized spacial score (nSPS) is 19.1. The van der Waals surface area contributed by atoms with Gasteiger partial charge in [-0.3, -0.25) is 14.6 Å². The molecule has 0 aliphatic carbocycles. The zero-order valence-corrected chi connectivity index (χ0v) is 19.1. The van der Waals surface area contributed by atoms with Gasteiger partial charge >= 0.3 is 0 Å². The molecule has 3 heterocycles. The van der Waals surface area contributed by atoms with E-state index in [0.29, 0.717) is 18.8 Å². The van der Waals surface area contributed by atoms with Gasteiger partial charge in [0.15, 0.2) is 0 Å². The first kappa shape index (κ1) is 22.3. The Bertz CT molecular complexity index is 967. The van der Waals surface area contributed by atoms with Crippen LogP contribution in [0.3, 0.4) is 0 Å². The van der Waals surface area contributed by atoms with E-state index in [0.717, 1.165) is 62.3 Å². The fourth-order valence-electron chi connectivity index (χ4n) is 4.92. The van der Waals surface area contributed by atoms with E-state index in [9.17, 15) is 9.59 Å². The number of likely N-dealkylation sites (tertiary alicyclic amines) is 1. The zero-order valence-electron chi connectivity index (χ0n) is 19.1. The van der Waals surface area contributed by atoms with Crippen LogP contribution in [-0.2, 0) is 16.0 Å². The minimum Gasteiger partial charge on any atom is -0.496 e. The molecule has 170 valence electrons. The average molecular weight is 436 g/mol. The number of nitrogens with zero attached hydrogens (tertiary/aromatic N) is 2. The van der Waals surface area contributed by atoms with Gasteiger partial charge < -0.3 is 15.0 Å². The predicted molar refractivity (Wildman–Crippen MR) is 124 cm³/mol. The van der Waals surface area contributed by atoms with Crippen molar-refractivity contribution in [3.05, 3.63) is 58.9 Å². The van der Waals surface area contributed by atoms with E-state index in [2.05, 4.69) is 30.4 Å². The van der Waals surface area contributed by atoms with E-state index in [-0.39, 0.29) is 17.9 Å². The Kier molecular flexibility index (Phi) is 7.08. The number of para-hydroxylation sites is 1. The number of nitrogens with one attached hydrogen (secondary N) is 1. The molecule has 1 aromatic heterocycles. The van der Waals surface area contributed by atoms with Crippen molar-refractivity contribution in [2.45, 2.75) is 63.8 Å². The highest BCUT2D eigenvalue weighted by molar-refractivity contribution is 5.79. The summed E-state index contributed by atoms with van der Waals surface area (Å²) in [5.41, 5.74) is 4.58. The molecule has 2 fully saturated rings. The van der Waals surface area contributed by atoms with Gasteiger partial charge in [-0.2, -0.15) is 0 Å². The summed E-state index contributed by atoms with van der Waals surface area (Å²) in [7, 11) is 1.71. The molecule has 0 bridgehead atoms. The number of benzene rings is 1. The SMILES string of the molecule is COc1ccccc1Cc1cc(C)nc(C2CCN(C(=O)CCC3CCC(=O)N3)CC2)c1. The minimum atomic E-state index is 0.110. The van der Waals surface area contributed by atoms with E-state index >= 15 is 0 Å². The maximum absolute atomic E-state index is 12.6. The highest BCUT2D eigenvalue weighted by Crippen LogP contribution is 2.29. The van der Waals surface area contributed by atoms with Crippen LogP contribution in [0.5, 0.6) is 5.75 Å². The quantitative estimate of drug-likeness (QED) is 0.719. The van der Waals surface area contributed by atoms with Crippen molar-refractivity contribution in [1.82, 2.24) is 15.2 Å². The van der Waals surface area contributed by atoms with E-state index < -0.39 is 0 Å². The van der Waals surface area contributed by atoms with Gasteiger partial charge in [-0.05, 0) is 61.9 Å². The molecule has 1 atom stereocenters. The lowest BCUT2D eigenvalue weighted by Crippen LogP contribution is -2.38. The fraction of sp³-hybridized carbons (Fsp3) is 0.500. The lowest BCUT2D eigenvalue weighted by molar-refractivity contribution is -0.132. The molecule has 2 aliphatic rings. The van der Waals surface area contributed by atoms with Crippen molar-refractivity contribution < 1.29 is 14.3 Å². The van der Waals surface area contributed by atoms with Gasteiger partial charge in [-0.15, -0.1) is 0 Å². The standard InChI is InChI=1S/C26H33N3O3/c1-18-15-19(16-21-5-3-4-6-24(21)32-2)17-23(27-18)20-11-13-29(14-12-20)26(31)10-8-22-7-9-25(30)28-22/h3-6,15,17,20,22H,7-14,16H2,1-2H3,(H,28,30).